The molecule has 2 aromatic carbocycles. The van der Waals surface area contributed by atoms with Crippen molar-refractivity contribution in [2.24, 2.45) is 0 Å². The Morgan fingerprint density at radius 3 is 2.17 bits per heavy atom. The number of rotatable bonds is 5. The van der Waals surface area contributed by atoms with Crippen LogP contribution in [0.15, 0.2) is 54.6 Å². The van der Waals surface area contributed by atoms with Gasteiger partial charge in [0.2, 0.25) is 5.91 Å². The van der Waals surface area contributed by atoms with E-state index >= 15 is 0 Å². The molecule has 0 bridgehead atoms. The molecule has 0 spiro atoms. The fraction of sp³-hybridized carbons (Fsp3) is 0.300. The maximum Gasteiger partial charge on any atom is 0.256 e. The molecule has 0 saturated carbocycles. The van der Waals surface area contributed by atoms with Crippen molar-refractivity contribution < 1.29 is 9.59 Å². The lowest BCUT2D eigenvalue weighted by Crippen LogP contribution is -2.33. The summed E-state index contributed by atoms with van der Waals surface area (Å²) in [5, 5.41) is 0. The molecule has 2 amide bonds. The summed E-state index contributed by atoms with van der Waals surface area (Å²) in [4.78, 5) is 28.3. The van der Waals surface area contributed by atoms with E-state index in [4.69, 9.17) is 0 Å². The lowest BCUT2D eigenvalue weighted by Gasteiger charge is -2.28. The molecule has 4 nitrogen and oxygen atoms in total. The number of hydrogen-bond donors (Lipinski definition) is 0. The molecular formula is C20H24N2O2. The Balaban J connectivity index is 2.31. The zero-order valence-corrected chi connectivity index (χ0v) is 14.7. The van der Waals surface area contributed by atoms with Crippen LogP contribution in [0.25, 0.3) is 0 Å². The molecule has 0 aliphatic carbocycles. The van der Waals surface area contributed by atoms with E-state index in [1.165, 1.54) is 0 Å². The zero-order valence-electron chi connectivity index (χ0n) is 14.7. The number of carbonyl (C=O) groups is 2. The molecular weight excluding hydrogens is 300 g/mol. The fourth-order valence-electron chi connectivity index (χ4n) is 2.64. The average molecular weight is 324 g/mol. The van der Waals surface area contributed by atoms with Crippen LogP contribution in [0, 0.1) is 0 Å². The lowest BCUT2D eigenvalue weighted by molar-refractivity contribution is -0.118. The van der Waals surface area contributed by atoms with E-state index < -0.39 is 0 Å². The van der Waals surface area contributed by atoms with Gasteiger partial charge in [0.1, 0.15) is 0 Å². The summed E-state index contributed by atoms with van der Waals surface area (Å²) < 4.78 is 0. The van der Waals surface area contributed by atoms with Crippen molar-refractivity contribution in [1.82, 2.24) is 4.90 Å². The van der Waals surface area contributed by atoms with Gasteiger partial charge in [0.25, 0.3) is 5.91 Å². The monoisotopic (exact) mass is 324 g/mol. The van der Waals surface area contributed by atoms with Gasteiger partial charge in [0, 0.05) is 20.5 Å². The molecule has 0 fully saturated rings. The highest BCUT2D eigenvalue weighted by Gasteiger charge is 2.23. The van der Waals surface area contributed by atoms with Crippen LogP contribution in [0.4, 0.5) is 5.69 Å². The van der Waals surface area contributed by atoms with E-state index in [0.717, 1.165) is 5.56 Å². The minimum Gasteiger partial charge on any atom is -0.335 e. The molecule has 0 heterocycles. The Labute approximate surface area is 143 Å². The molecule has 1 unspecified atom stereocenters. The molecule has 0 aromatic heterocycles. The lowest BCUT2D eigenvalue weighted by atomic mass is 10.1. The van der Waals surface area contributed by atoms with Gasteiger partial charge in [-0.15, -0.1) is 0 Å². The molecule has 0 aliphatic heterocycles. The summed E-state index contributed by atoms with van der Waals surface area (Å²) in [6.45, 7) is 3.81. The van der Waals surface area contributed by atoms with Crippen molar-refractivity contribution in [3.05, 3.63) is 65.7 Å². The third-order valence-electron chi connectivity index (χ3n) is 4.36. The number of amides is 2. The van der Waals surface area contributed by atoms with Gasteiger partial charge in [-0.1, -0.05) is 49.4 Å². The number of nitrogens with zero attached hydrogens (tertiary/aromatic N) is 2. The smallest absolute Gasteiger partial charge is 0.256 e. The molecule has 1 atom stereocenters. The SMILES string of the molecule is CCC(=O)N(C)c1ccccc1C(=O)N(C)C(C)c1ccccc1. The molecule has 24 heavy (non-hydrogen) atoms. The van der Waals surface area contributed by atoms with Crippen LogP contribution in [0.1, 0.15) is 42.2 Å². The van der Waals surface area contributed by atoms with Crippen LogP contribution in [0.3, 0.4) is 0 Å². The molecule has 2 aromatic rings. The Morgan fingerprint density at radius 2 is 1.54 bits per heavy atom. The van der Waals surface area contributed by atoms with Gasteiger partial charge in [-0.25, -0.2) is 0 Å². The van der Waals surface area contributed by atoms with Crippen LogP contribution in [-0.4, -0.2) is 30.8 Å². The first-order valence-electron chi connectivity index (χ1n) is 8.15. The second-order valence-corrected chi connectivity index (χ2v) is 5.83. The van der Waals surface area contributed by atoms with Gasteiger partial charge in [-0.3, -0.25) is 9.59 Å². The van der Waals surface area contributed by atoms with E-state index in [-0.39, 0.29) is 17.9 Å². The number of anilines is 1. The number of carbonyl (C=O) groups excluding carboxylic acids is 2. The molecule has 0 aliphatic rings. The van der Waals surface area contributed by atoms with Crippen molar-refractivity contribution in [3.63, 3.8) is 0 Å². The van der Waals surface area contributed by atoms with Gasteiger partial charge < -0.3 is 9.80 Å². The fourth-order valence-corrected chi connectivity index (χ4v) is 2.64. The van der Waals surface area contributed by atoms with Crippen molar-refractivity contribution in [2.45, 2.75) is 26.3 Å². The van der Waals surface area contributed by atoms with Crippen LogP contribution in [0.5, 0.6) is 0 Å². The van der Waals surface area contributed by atoms with Crippen molar-refractivity contribution in [3.8, 4) is 0 Å². The van der Waals surface area contributed by atoms with Gasteiger partial charge in [-0.2, -0.15) is 0 Å². The quantitative estimate of drug-likeness (QED) is 0.837. The number of para-hydroxylation sites is 1. The average Bonchev–Trinajstić information content (AvgIpc) is 2.65. The maximum absolute atomic E-state index is 13.0. The molecule has 0 saturated heterocycles. The van der Waals surface area contributed by atoms with Gasteiger partial charge >= 0.3 is 0 Å². The Bertz CT molecular complexity index is 713. The maximum atomic E-state index is 13.0. The third-order valence-corrected chi connectivity index (χ3v) is 4.36. The highest BCUT2D eigenvalue weighted by molar-refractivity contribution is 6.04. The van der Waals surface area contributed by atoms with Crippen molar-refractivity contribution in [1.29, 1.82) is 0 Å². The third kappa shape index (κ3) is 3.65. The largest absolute Gasteiger partial charge is 0.335 e. The minimum atomic E-state index is -0.0993. The standard InChI is InChI=1S/C20H24N2O2/c1-5-19(23)22(4)18-14-10-9-13-17(18)20(24)21(3)15(2)16-11-7-6-8-12-16/h6-15H,5H2,1-4H3. The predicted molar refractivity (Wildman–Crippen MR) is 97.1 cm³/mol. The summed E-state index contributed by atoms with van der Waals surface area (Å²) in [5.74, 6) is -0.119. The highest BCUT2D eigenvalue weighted by atomic mass is 16.2. The first-order valence-corrected chi connectivity index (χ1v) is 8.15. The number of hydrogen-bond acceptors (Lipinski definition) is 2. The van der Waals surface area contributed by atoms with Crippen LogP contribution in [0.2, 0.25) is 0 Å². The Morgan fingerprint density at radius 1 is 0.958 bits per heavy atom. The van der Waals surface area contributed by atoms with E-state index in [1.807, 2.05) is 62.4 Å². The summed E-state index contributed by atoms with van der Waals surface area (Å²) in [6.07, 6.45) is 0.398. The van der Waals surface area contributed by atoms with E-state index in [9.17, 15) is 9.59 Å². The van der Waals surface area contributed by atoms with Gasteiger partial charge in [0.05, 0.1) is 17.3 Å². The van der Waals surface area contributed by atoms with E-state index in [0.29, 0.717) is 17.7 Å². The van der Waals surface area contributed by atoms with Gasteiger partial charge in [-0.05, 0) is 24.6 Å². The minimum absolute atomic E-state index is 0.0194. The van der Waals surface area contributed by atoms with Crippen LogP contribution in [-0.2, 0) is 4.79 Å². The first-order chi connectivity index (χ1) is 11.5. The first kappa shape index (κ1) is 17.7. The van der Waals surface area contributed by atoms with E-state index in [1.54, 1.807) is 30.0 Å². The van der Waals surface area contributed by atoms with Crippen LogP contribution >= 0.6 is 0 Å². The number of benzene rings is 2. The summed E-state index contributed by atoms with van der Waals surface area (Å²) in [6, 6.07) is 17.1. The normalized spacial score (nSPS) is 11.7. The molecule has 0 N–H and O–H groups in total. The van der Waals surface area contributed by atoms with Crippen molar-refractivity contribution in [2.75, 3.05) is 19.0 Å². The second kappa shape index (κ2) is 7.77. The zero-order chi connectivity index (χ0) is 17.7. The Kier molecular flexibility index (Phi) is 5.74. The molecule has 4 heteroatoms. The highest BCUT2D eigenvalue weighted by Crippen LogP contribution is 2.25. The second-order valence-electron chi connectivity index (χ2n) is 5.83. The summed E-state index contributed by atoms with van der Waals surface area (Å²) in [5.41, 5.74) is 2.25. The molecule has 0 radical (unpaired) electrons. The summed E-state index contributed by atoms with van der Waals surface area (Å²) >= 11 is 0. The Hall–Kier alpha value is -2.62. The topological polar surface area (TPSA) is 40.6 Å². The molecule has 126 valence electrons. The van der Waals surface area contributed by atoms with Crippen molar-refractivity contribution >= 4 is 17.5 Å². The van der Waals surface area contributed by atoms with Gasteiger partial charge in [0.15, 0.2) is 0 Å². The summed E-state index contributed by atoms with van der Waals surface area (Å²) in [7, 11) is 3.50. The predicted octanol–water partition coefficient (Wildman–Crippen LogP) is 3.89. The van der Waals surface area contributed by atoms with E-state index in [2.05, 4.69) is 0 Å². The van der Waals surface area contributed by atoms with Crippen LogP contribution < -0.4 is 4.90 Å². The molecule has 2 rings (SSSR count).